The summed E-state index contributed by atoms with van der Waals surface area (Å²) >= 11 is 0. The average Bonchev–Trinajstić information content (AvgIpc) is 3.05. The van der Waals surface area contributed by atoms with Crippen molar-refractivity contribution >= 4 is 32.3 Å². The maximum absolute atomic E-state index is 13.2. The lowest BCUT2D eigenvalue weighted by Gasteiger charge is -2.12. The van der Waals surface area contributed by atoms with Gasteiger partial charge in [-0.05, 0) is 37.3 Å². The lowest BCUT2D eigenvalue weighted by atomic mass is 9.96. The Morgan fingerprint density at radius 3 is 2.70 bits per heavy atom. The Bertz CT molecular complexity index is 1130. The van der Waals surface area contributed by atoms with Gasteiger partial charge >= 0.3 is 0 Å². The number of fused-ring (bicyclic) bond motifs is 1. The Morgan fingerprint density at radius 2 is 2.04 bits per heavy atom. The number of hydrogen-bond acceptors (Lipinski definition) is 7. The molecule has 140 valence electrons. The van der Waals surface area contributed by atoms with E-state index in [2.05, 4.69) is 26.0 Å². The number of nitrogens with zero attached hydrogens (tertiary/aromatic N) is 3. The highest BCUT2D eigenvalue weighted by Gasteiger charge is 2.28. The second-order valence-electron chi connectivity index (χ2n) is 6.33. The topological polar surface area (TPSA) is 124 Å². The molecule has 1 aliphatic rings. The van der Waals surface area contributed by atoms with Crippen LogP contribution in [-0.2, 0) is 9.84 Å². The van der Waals surface area contributed by atoms with Crippen molar-refractivity contribution in [1.82, 2.24) is 19.9 Å². The predicted molar refractivity (Wildman–Crippen MR) is 101 cm³/mol. The van der Waals surface area contributed by atoms with E-state index in [1.165, 1.54) is 31.8 Å². The van der Waals surface area contributed by atoms with Crippen LogP contribution in [0.4, 0.5) is 5.82 Å². The number of nitrogen functional groups attached to an aromatic ring is 1. The van der Waals surface area contributed by atoms with Crippen molar-refractivity contribution in [2.45, 2.75) is 35.5 Å². The molecule has 0 atom stereocenters. The van der Waals surface area contributed by atoms with Gasteiger partial charge in [0.2, 0.25) is 15.7 Å². The molecular formula is C18H19N5O3S. The Hall–Kier alpha value is -2.94. The maximum atomic E-state index is 13.2. The van der Waals surface area contributed by atoms with Gasteiger partial charge in [0.15, 0.2) is 0 Å². The predicted octanol–water partition coefficient (Wildman–Crippen LogP) is 2.73. The molecule has 0 saturated carbocycles. The highest BCUT2D eigenvalue weighted by Crippen LogP contribution is 2.36. The summed E-state index contributed by atoms with van der Waals surface area (Å²) in [7, 11) is -2.44. The van der Waals surface area contributed by atoms with E-state index < -0.39 is 9.84 Å². The molecule has 0 unspecified atom stereocenters. The number of aromatic nitrogens is 4. The van der Waals surface area contributed by atoms with Crippen LogP contribution in [0.5, 0.6) is 5.88 Å². The van der Waals surface area contributed by atoms with Crippen molar-refractivity contribution in [3.05, 3.63) is 36.4 Å². The van der Waals surface area contributed by atoms with Gasteiger partial charge in [-0.2, -0.15) is 0 Å². The molecule has 0 spiro atoms. The largest absolute Gasteiger partial charge is 0.481 e. The smallest absolute Gasteiger partial charge is 0.213 e. The Kier molecular flexibility index (Phi) is 4.31. The van der Waals surface area contributed by atoms with Crippen LogP contribution in [0, 0.1) is 0 Å². The van der Waals surface area contributed by atoms with Crippen molar-refractivity contribution < 1.29 is 13.2 Å². The zero-order chi connectivity index (χ0) is 19.0. The summed E-state index contributed by atoms with van der Waals surface area (Å²) in [5.41, 5.74) is 8.70. The zero-order valence-electron chi connectivity index (χ0n) is 14.8. The summed E-state index contributed by atoms with van der Waals surface area (Å²) in [6.45, 7) is 0. The summed E-state index contributed by atoms with van der Waals surface area (Å²) in [5, 5.41) is 0. The van der Waals surface area contributed by atoms with Crippen LogP contribution in [0.15, 0.2) is 40.5 Å². The number of hydrogen-bond donors (Lipinski definition) is 2. The monoisotopic (exact) mass is 385 g/mol. The van der Waals surface area contributed by atoms with Gasteiger partial charge in [-0.3, -0.25) is 0 Å². The SMILES string of the molecule is COc1ccc(S(=O)(=O)c2c(N)[nH]c3c(C4=CCCCC4)ncnc23)cn1. The maximum Gasteiger partial charge on any atom is 0.213 e. The quantitative estimate of drug-likeness (QED) is 0.707. The minimum atomic E-state index is -3.91. The van der Waals surface area contributed by atoms with Gasteiger partial charge in [-0.1, -0.05) is 6.08 Å². The fourth-order valence-electron chi connectivity index (χ4n) is 3.33. The number of rotatable bonds is 4. The molecule has 3 aromatic rings. The van der Waals surface area contributed by atoms with Crippen molar-refractivity contribution in [3.8, 4) is 5.88 Å². The van der Waals surface area contributed by atoms with Crippen LogP contribution < -0.4 is 10.5 Å². The fraction of sp³-hybridized carbons (Fsp3) is 0.278. The molecule has 1 aliphatic carbocycles. The van der Waals surface area contributed by atoms with Gasteiger partial charge in [0.05, 0.1) is 23.2 Å². The molecule has 0 amide bonds. The van der Waals surface area contributed by atoms with E-state index in [-0.39, 0.29) is 15.6 Å². The number of sulfone groups is 1. The van der Waals surface area contributed by atoms with Crippen LogP contribution >= 0.6 is 0 Å². The molecule has 27 heavy (non-hydrogen) atoms. The van der Waals surface area contributed by atoms with Crippen molar-refractivity contribution in [2.24, 2.45) is 0 Å². The third kappa shape index (κ3) is 2.93. The van der Waals surface area contributed by atoms with Gasteiger partial charge in [0.25, 0.3) is 0 Å². The van der Waals surface area contributed by atoms with E-state index in [4.69, 9.17) is 10.5 Å². The number of H-pyrrole nitrogens is 1. The van der Waals surface area contributed by atoms with Crippen molar-refractivity contribution in [2.75, 3.05) is 12.8 Å². The van der Waals surface area contributed by atoms with E-state index in [0.29, 0.717) is 22.6 Å². The lowest BCUT2D eigenvalue weighted by Crippen LogP contribution is -2.06. The van der Waals surface area contributed by atoms with Crippen molar-refractivity contribution in [1.29, 1.82) is 0 Å². The van der Waals surface area contributed by atoms with E-state index in [9.17, 15) is 8.42 Å². The molecule has 9 heteroatoms. The molecule has 0 aliphatic heterocycles. The van der Waals surface area contributed by atoms with Crippen LogP contribution in [0.25, 0.3) is 16.6 Å². The number of ether oxygens (including phenoxy) is 1. The number of nitrogens with two attached hydrogens (primary N) is 1. The summed E-state index contributed by atoms with van der Waals surface area (Å²) in [6, 6.07) is 2.93. The van der Waals surface area contributed by atoms with E-state index in [1.807, 2.05) is 0 Å². The van der Waals surface area contributed by atoms with Gasteiger partial charge in [-0.25, -0.2) is 23.4 Å². The molecule has 8 nitrogen and oxygen atoms in total. The second kappa shape index (κ2) is 6.66. The summed E-state index contributed by atoms with van der Waals surface area (Å²) in [4.78, 5) is 15.5. The Morgan fingerprint density at radius 1 is 1.19 bits per heavy atom. The highest BCUT2D eigenvalue weighted by atomic mass is 32.2. The standard InChI is InChI=1S/C18H19N5O3S/c1-26-13-8-7-12(9-20-13)27(24,25)17-16-15(23-18(17)19)14(21-10-22-16)11-5-3-2-4-6-11/h5,7-10,23H,2-4,6,19H2,1H3. The number of allylic oxidation sites excluding steroid dienone is 2. The lowest BCUT2D eigenvalue weighted by molar-refractivity contribution is 0.397. The average molecular weight is 385 g/mol. The van der Waals surface area contributed by atoms with Gasteiger partial charge in [0, 0.05) is 12.3 Å². The molecule has 0 fully saturated rings. The number of anilines is 1. The van der Waals surface area contributed by atoms with Crippen LogP contribution in [0.2, 0.25) is 0 Å². The third-order valence-electron chi connectivity index (χ3n) is 4.66. The van der Waals surface area contributed by atoms with Gasteiger partial charge < -0.3 is 15.5 Å². The molecule has 0 saturated heterocycles. The molecule has 3 aromatic heterocycles. The molecular weight excluding hydrogens is 366 g/mol. The van der Waals surface area contributed by atoms with E-state index in [1.54, 1.807) is 0 Å². The minimum Gasteiger partial charge on any atom is -0.481 e. The van der Waals surface area contributed by atoms with Gasteiger partial charge in [-0.15, -0.1) is 0 Å². The first-order valence-electron chi connectivity index (χ1n) is 8.59. The first-order chi connectivity index (χ1) is 13.0. The van der Waals surface area contributed by atoms with E-state index >= 15 is 0 Å². The second-order valence-corrected chi connectivity index (χ2v) is 8.22. The zero-order valence-corrected chi connectivity index (χ0v) is 15.6. The molecule has 3 heterocycles. The van der Waals surface area contributed by atoms with E-state index in [0.717, 1.165) is 31.3 Å². The molecule has 0 radical (unpaired) electrons. The normalized spacial score (nSPS) is 14.9. The first-order valence-corrected chi connectivity index (χ1v) is 10.1. The number of nitrogens with one attached hydrogen (secondary N) is 1. The Balaban J connectivity index is 1.89. The number of aromatic amines is 1. The van der Waals surface area contributed by atoms with Crippen LogP contribution in [0.1, 0.15) is 31.4 Å². The summed E-state index contributed by atoms with van der Waals surface area (Å²) in [5.74, 6) is 0.369. The molecule has 3 N–H and O–H groups in total. The first kappa shape index (κ1) is 17.5. The minimum absolute atomic E-state index is 0.0212. The molecule has 0 aromatic carbocycles. The Labute approximate surface area is 156 Å². The number of methoxy groups -OCH3 is 1. The van der Waals surface area contributed by atoms with Crippen molar-refractivity contribution in [3.63, 3.8) is 0 Å². The molecule has 0 bridgehead atoms. The van der Waals surface area contributed by atoms with Crippen LogP contribution in [0.3, 0.4) is 0 Å². The fourth-order valence-corrected chi connectivity index (χ4v) is 4.75. The molecule has 4 rings (SSSR count). The highest BCUT2D eigenvalue weighted by molar-refractivity contribution is 7.91. The summed E-state index contributed by atoms with van der Waals surface area (Å²) in [6.07, 6.45) is 8.88. The number of pyridine rings is 1. The summed E-state index contributed by atoms with van der Waals surface area (Å²) < 4.78 is 31.3. The third-order valence-corrected chi connectivity index (χ3v) is 6.47. The van der Waals surface area contributed by atoms with Gasteiger partial charge in [0.1, 0.15) is 22.6 Å². The van der Waals surface area contributed by atoms with Crippen LogP contribution in [-0.4, -0.2) is 35.5 Å².